The number of esters is 1. The zero-order chi connectivity index (χ0) is 12.4. The van der Waals surface area contributed by atoms with Gasteiger partial charge in [-0.15, -0.1) is 0 Å². The lowest BCUT2D eigenvalue weighted by Crippen LogP contribution is -2.22. The van der Waals surface area contributed by atoms with Crippen molar-refractivity contribution >= 4 is 44.1 Å². The zero-order valence-corrected chi connectivity index (χ0v) is 11.8. The van der Waals surface area contributed by atoms with Gasteiger partial charge in [-0.2, -0.15) is 0 Å². The molecule has 1 atom stereocenters. The standard InChI is InChI=1S/C11H8Br2O4/c12-7-3-6(5-14)4-8(13)10(7)17-9-1-2-16-11(9)15/h3-5,9H,1-2H2. The number of carbonyl (C=O) groups excluding carboxylic acids is 2. The van der Waals surface area contributed by atoms with Crippen molar-refractivity contribution in [3.63, 3.8) is 0 Å². The van der Waals surface area contributed by atoms with Crippen molar-refractivity contribution in [3.8, 4) is 5.75 Å². The first kappa shape index (κ1) is 12.6. The summed E-state index contributed by atoms with van der Waals surface area (Å²) in [5.74, 6) is 0.141. The summed E-state index contributed by atoms with van der Waals surface area (Å²) in [5, 5.41) is 0. The number of rotatable bonds is 3. The summed E-state index contributed by atoms with van der Waals surface area (Å²) in [5.41, 5.74) is 0.519. The number of halogens is 2. The van der Waals surface area contributed by atoms with E-state index in [0.29, 0.717) is 33.3 Å². The maximum atomic E-state index is 11.3. The molecule has 0 N–H and O–H groups in total. The Kier molecular flexibility index (Phi) is 3.83. The van der Waals surface area contributed by atoms with Crippen molar-refractivity contribution in [2.75, 3.05) is 6.61 Å². The van der Waals surface area contributed by atoms with Gasteiger partial charge in [-0.25, -0.2) is 4.79 Å². The van der Waals surface area contributed by atoms with Crippen molar-refractivity contribution in [1.82, 2.24) is 0 Å². The fourth-order valence-corrected chi connectivity index (χ4v) is 2.90. The van der Waals surface area contributed by atoms with Gasteiger partial charge in [0.15, 0.2) is 6.10 Å². The van der Waals surface area contributed by atoms with Crippen LogP contribution in [-0.4, -0.2) is 25.0 Å². The Bertz CT molecular complexity index is 450. The molecule has 17 heavy (non-hydrogen) atoms. The SMILES string of the molecule is O=Cc1cc(Br)c(OC2CCOC2=O)c(Br)c1. The van der Waals surface area contributed by atoms with Gasteiger partial charge in [-0.05, 0) is 44.0 Å². The number of carbonyl (C=O) groups is 2. The third kappa shape index (κ3) is 2.69. The van der Waals surface area contributed by atoms with Crippen LogP contribution in [0.1, 0.15) is 16.8 Å². The average molecular weight is 364 g/mol. The molecule has 1 aromatic rings. The largest absolute Gasteiger partial charge is 0.476 e. The van der Waals surface area contributed by atoms with E-state index in [-0.39, 0.29) is 5.97 Å². The van der Waals surface area contributed by atoms with E-state index in [1.165, 1.54) is 0 Å². The number of cyclic esters (lactones) is 1. The highest BCUT2D eigenvalue weighted by Gasteiger charge is 2.29. The fraction of sp³-hybridized carbons (Fsp3) is 0.273. The van der Waals surface area contributed by atoms with Crippen LogP contribution in [0.2, 0.25) is 0 Å². The van der Waals surface area contributed by atoms with Crippen LogP contribution in [0.15, 0.2) is 21.1 Å². The third-order valence-electron chi connectivity index (χ3n) is 2.30. The molecule has 1 aliphatic heterocycles. The summed E-state index contributed by atoms with van der Waals surface area (Å²) < 4.78 is 11.6. The molecular formula is C11H8Br2O4. The summed E-state index contributed by atoms with van der Waals surface area (Å²) in [6, 6.07) is 3.26. The summed E-state index contributed by atoms with van der Waals surface area (Å²) in [7, 11) is 0. The van der Waals surface area contributed by atoms with Gasteiger partial charge < -0.3 is 9.47 Å². The molecule has 1 heterocycles. The average Bonchev–Trinajstić information content (AvgIpc) is 2.69. The molecule has 0 amide bonds. The quantitative estimate of drug-likeness (QED) is 0.612. The molecular weight excluding hydrogens is 356 g/mol. The van der Waals surface area contributed by atoms with Crippen LogP contribution in [0.4, 0.5) is 0 Å². The molecule has 2 rings (SSSR count). The van der Waals surface area contributed by atoms with Gasteiger partial charge in [0.25, 0.3) is 0 Å². The van der Waals surface area contributed by atoms with Crippen molar-refractivity contribution in [2.45, 2.75) is 12.5 Å². The smallest absolute Gasteiger partial charge is 0.347 e. The van der Waals surface area contributed by atoms with Gasteiger partial charge in [-0.1, -0.05) is 0 Å². The van der Waals surface area contributed by atoms with E-state index in [4.69, 9.17) is 9.47 Å². The molecule has 0 radical (unpaired) electrons. The van der Waals surface area contributed by atoms with Crippen LogP contribution in [0.3, 0.4) is 0 Å². The summed E-state index contributed by atoms with van der Waals surface area (Å²) in [6.07, 6.45) is 0.695. The maximum absolute atomic E-state index is 11.3. The first-order valence-corrected chi connectivity index (χ1v) is 6.48. The van der Waals surface area contributed by atoms with Gasteiger partial charge in [0.05, 0.1) is 15.6 Å². The van der Waals surface area contributed by atoms with Crippen LogP contribution in [0.5, 0.6) is 5.75 Å². The third-order valence-corrected chi connectivity index (χ3v) is 3.48. The first-order chi connectivity index (χ1) is 8.11. The molecule has 0 aromatic heterocycles. The molecule has 0 spiro atoms. The van der Waals surface area contributed by atoms with Gasteiger partial charge in [-0.3, -0.25) is 4.79 Å². The second-order valence-corrected chi connectivity index (χ2v) is 5.20. The molecule has 0 bridgehead atoms. The number of hydrogen-bond acceptors (Lipinski definition) is 4. The Hall–Kier alpha value is -0.880. The Morgan fingerprint density at radius 1 is 1.35 bits per heavy atom. The van der Waals surface area contributed by atoms with Crippen molar-refractivity contribution in [2.24, 2.45) is 0 Å². The maximum Gasteiger partial charge on any atom is 0.347 e. The lowest BCUT2D eigenvalue weighted by molar-refractivity contribution is -0.143. The topological polar surface area (TPSA) is 52.6 Å². The molecule has 6 heteroatoms. The minimum atomic E-state index is -0.579. The molecule has 4 nitrogen and oxygen atoms in total. The van der Waals surface area contributed by atoms with Crippen LogP contribution in [0, 0.1) is 0 Å². The fourth-order valence-electron chi connectivity index (χ4n) is 1.49. The number of benzene rings is 1. The minimum absolute atomic E-state index is 0.358. The summed E-state index contributed by atoms with van der Waals surface area (Å²) >= 11 is 6.60. The molecule has 0 saturated carbocycles. The zero-order valence-electron chi connectivity index (χ0n) is 8.61. The predicted molar refractivity (Wildman–Crippen MR) is 67.2 cm³/mol. The second-order valence-electron chi connectivity index (χ2n) is 3.49. The molecule has 0 aliphatic carbocycles. The second kappa shape index (κ2) is 5.18. The number of aldehydes is 1. The van der Waals surface area contributed by atoms with Gasteiger partial charge in [0.1, 0.15) is 12.0 Å². The number of ether oxygens (including phenoxy) is 2. The van der Waals surface area contributed by atoms with E-state index in [1.54, 1.807) is 12.1 Å². The Morgan fingerprint density at radius 3 is 2.47 bits per heavy atom. The van der Waals surface area contributed by atoms with Crippen LogP contribution in [-0.2, 0) is 9.53 Å². The lowest BCUT2D eigenvalue weighted by atomic mass is 10.2. The highest BCUT2D eigenvalue weighted by molar-refractivity contribution is 9.11. The molecule has 90 valence electrons. The van der Waals surface area contributed by atoms with Crippen molar-refractivity contribution < 1.29 is 19.1 Å². The Labute approximate surface area is 115 Å². The Morgan fingerprint density at radius 2 is 2.00 bits per heavy atom. The lowest BCUT2D eigenvalue weighted by Gasteiger charge is -2.13. The molecule has 1 fully saturated rings. The molecule has 1 aliphatic rings. The number of hydrogen-bond donors (Lipinski definition) is 0. The van der Waals surface area contributed by atoms with E-state index in [2.05, 4.69) is 31.9 Å². The summed E-state index contributed by atoms with van der Waals surface area (Å²) in [6.45, 7) is 0.380. The monoisotopic (exact) mass is 362 g/mol. The van der Waals surface area contributed by atoms with Crippen LogP contribution in [0.25, 0.3) is 0 Å². The highest BCUT2D eigenvalue weighted by Crippen LogP contribution is 2.36. The van der Waals surface area contributed by atoms with Crippen molar-refractivity contribution in [1.29, 1.82) is 0 Å². The Balaban J connectivity index is 2.26. The van der Waals surface area contributed by atoms with Gasteiger partial charge >= 0.3 is 5.97 Å². The highest BCUT2D eigenvalue weighted by atomic mass is 79.9. The first-order valence-electron chi connectivity index (χ1n) is 4.89. The van der Waals surface area contributed by atoms with Gasteiger partial charge in [0, 0.05) is 12.0 Å². The predicted octanol–water partition coefficient (Wildman–Crippen LogP) is 2.72. The van der Waals surface area contributed by atoms with Crippen LogP contribution >= 0.6 is 31.9 Å². The molecule has 1 saturated heterocycles. The van der Waals surface area contributed by atoms with Crippen molar-refractivity contribution in [3.05, 3.63) is 26.6 Å². The van der Waals surface area contributed by atoms with Crippen LogP contribution < -0.4 is 4.74 Å². The van der Waals surface area contributed by atoms with E-state index in [1.807, 2.05) is 0 Å². The summed E-state index contributed by atoms with van der Waals surface area (Å²) in [4.78, 5) is 22.0. The van der Waals surface area contributed by atoms with E-state index in [0.717, 1.165) is 6.29 Å². The van der Waals surface area contributed by atoms with Gasteiger partial charge in [0.2, 0.25) is 0 Å². The van der Waals surface area contributed by atoms with E-state index < -0.39 is 6.10 Å². The van der Waals surface area contributed by atoms with E-state index >= 15 is 0 Å². The normalized spacial score (nSPS) is 18.9. The molecule has 1 aromatic carbocycles. The van der Waals surface area contributed by atoms with E-state index in [9.17, 15) is 9.59 Å². The minimum Gasteiger partial charge on any atom is -0.476 e. The molecule has 1 unspecified atom stereocenters.